The van der Waals surface area contributed by atoms with E-state index in [1.54, 1.807) is 0 Å². The van der Waals surface area contributed by atoms with E-state index in [9.17, 15) is 0 Å². The minimum atomic E-state index is 1.15. The Morgan fingerprint density at radius 2 is 1.60 bits per heavy atom. The Bertz CT molecular complexity index is 748. The average molecular weight is 277 g/mol. The van der Waals surface area contributed by atoms with Crippen LogP contribution < -0.4 is 0 Å². The molecule has 0 aliphatic rings. The standard InChI is InChI=1S/C18H15NS/c1-14-11-12-15-7-5-6-10-17(15)18(14)13-19-20-16-8-3-2-4-9-16/h2-13H,1H3. The highest BCUT2D eigenvalue weighted by Crippen LogP contribution is 2.23. The van der Waals surface area contributed by atoms with Gasteiger partial charge in [0.25, 0.3) is 0 Å². The third kappa shape index (κ3) is 2.75. The minimum absolute atomic E-state index is 1.15. The van der Waals surface area contributed by atoms with Crippen molar-refractivity contribution >= 4 is 28.9 Å². The summed E-state index contributed by atoms with van der Waals surface area (Å²) in [4.78, 5) is 1.15. The third-order valence-electron chi connectivity index (χ3n) is 3.27. The van der Waals surface area contributed by atoms with Crippen LogP contribution in [0.2, 0.25) is 0 Å². The van der Waals surface area contributed by atoms with Gasteiger partial charge >= 0.3 is 0 Å². The summed E-state index contributed by atoms with van der Waals surface area (Å²) in [7, 11) is 0. The topological polar surface area (TPSA) is 12.4 Å². The molecule has 0 amide bonds. The van der Waals surface area contributed by atoms with Gasteiger partial charge in [0.15, 0.2) is 0 Å². The van der Waals surface area contributed by atoms with Crippen molar-refractivity contribution in [3.05, 3.63) is 77.9 Å². The zero-order valence-corrected chi connectivity index (χ0v) is 12.1. The van der Waals surface area contributed by atoms with Crippen LogP contribution in [0, 0.1) is 6.92 Å². The summed E-state index contributed by atoms with van der Waals surface area (Å²) in [6.07, 6.45) is 1.97. The van der Waals surface area contributed by atoms with Crippen LogP contribution in [0.1, 0.15) is 11.1 Å². The van der Waals surface area contributed by atoms with Crippen LogP contribution in [0.3, 0.4) is 0 Å². The molecule has 3 aromatic carbocycles. The Kier molecular flexibility index (Phi) is 3.84. The molecule has 98 valence electrons. The molecule has 0 unspecified atom stereocenters. The van der Waals surface area contributed by atoms with Crippen LogP contribution >= 0.6 is 11.9 Å². The minimum Gasteiger partial charge on any atom is -0.219 e. The number of nitrogens with zero attached hydrogens (tertiary/aromatic N) is 1. The van der Waals surface area contributed by atoms with Crippen molar-refractivity contribution in [3.8, 4) is 0 Å². The maximum Gasteiger partial charge on any atom is 0.0437 e. The Morgan fingerprint density at radius 1 is 0.850 bits per heavy atom. The fraction of sp³-hybridized carbons (Fsp3) is 0.0556. The molecule has 0 spiro atoms. The molecular weight excluding hydrogens is 262 g/mol. The van der Waals surface area contributed by atoms with Crippen LogP contribution in [0.4, 0.5) is 0 Å². The molecule has 0 atom stereocenters. The third-order valence-corrected chi connectivity index (χ3v) is 3.97. The smallest absolute Gasteiger partial charge is 0.0437 e. The second kappa shape index (κ2) is 5.93. The molecule has 2 heteroatoms. The molecule has 3 aromatic rings. The number of rotatable bonds is 3. The number of fused-ring (bicyclic) bond motifs is 1. The summed E-state index contributed by atoms with van der Waals surface area (Å²) < 4.78 is 4.51. The van der Waals surface area contributed by atoms with Gasteiger partial charge in [-0.1, -0.05) is 54.6 Å². The quantitative estimate of drug-likeness (QED) is 0.469. The summed E-state index contributed by atoms with van der Waals surface area (Å²) in [5, 5.41) is 2.51. The van der Waals surface area contributed by atoms with Gasteiger partial charge in [-0.25, -0.2) is 4.40 Å². The van der Waals surface area contributed by atoms with Crippen molar-refractivity contribution in [3.63, 3.8) is 0 Å². The molecular formula is C18H15NS. The number of benzene rings is 3. The van der Waals surface area contributed by atoms with Crippen LogP contribution in [0.15, 0.2) is 76.0 Å². The molecule has 0 aliphatic carbocycles. The summed E-state index contributed by atoms with van der Waals surface area (Å²) >= 11 is 1.50. The van der Waals surface area contributed by atoms with Gasteiger partial charge in [0.05, 0.1) is 0 Å². The highest BCUT2D eigenvalue weighted by atomic mass is 32.2. The fourth-order valence-corrected chi connectivity index (χ4v) is 2.76. The van der Waals surface area contributed by atoms with E-state index in [0.717, 1.165) is 4.90 Å². The van der Waals surface area contributed by atoms with Crippen LogP contribution in [0.5, 0.6) is 0 Å². The van der Waals surface area contributed by atoms with E-state index in [2.05, 4.69) is 59.9 Å². The predicted octanol–water partition coefficient (Wildman–Crippen LogP) is 5.27. The van der Waals surface area contributed by atoms with Crippen LogP contribution in [-0.2, 0) is 0 Å². The van der Waals surface area contributed by atoms with E-state index in [1.807, 2.05) is 24.4 Å². The molecule has 0 heterocycles. The first kappa shape index (κ1) is 12.9. The van der Waals surface area contributed by atoms with E-state index in [-0.39, 0.29) is 0 Å². The molecule has 0 saturated heterocycles. The van der Waals surface area contributed by atoms with Gasteiger partial charge in [-0.3, -0.25) is 0 Å². The first-order valence-electron chi connectivity index (χ1n) is 6.58. The zero-order valence-electron chi connectivity index (χ0n) is 11.3. The second-order valence-corrected chi connectivity index (χ2v) is 5.52. The number of hydrogen-bond acceptors (Lipinski definition) is 2. The average Bonchev–Trinajstić information content (AvgIpc) is 2.50. The summed E-state index contributed by atoms with van der Waals surface area (Å²) in [5.74, 6) is 0. The van der Waals surface area contributed by atoms with E-state index in [0.29, 0.717) is 0 Å². The highest BCUT2D eigenvalue weighted by molar-refractivity contribution is 7.98. The second-order valence-electron chi connectivity index (χ2n) is 4.66. The number of hydrogen-bond donors (Lipinski definition) is 0. The molecule has 20 heavy (non-hydrogen) atoms. The maximum atomic E-state index is 4.51. The van der Waals surface area contributed by atoms with Crippen molar-refractivity contribution < 1.29 is 0 Å². The normalized spacial score (nSPS) is 11.2. The first-order valence-corrected chi connectivity index (χ1v) is 7.36. The molecule has 0 N–H and O–H groups in total. The van der Waals surface area contributed by atoms with Crippen molar-refractivity contribution in [2.45, 2.75) is 11.8 Å². The number of aryl methyl sites for hydroxylation is 1. The SMILES string of the molecule is Cc1ccc2ccccc2c1C=NSc1ccccc1. The lowest BCUT2D eigenvalue weighted by Crippen LogP contribution is -1.88. The lowest BCUT2D eigenvalue weighted by molar-refractivity contribution is 1.46. The van der Waals surface area contributed by atoms with Gasteiger partial charge in [-0.05, 0) is 35.4 Å². The lowest BCUT2D eigenvalue weighted by Gasteiger charge is -2.05. The van der Waals surface area contributed by atoms with Crippen LogP contribution in [-0.4, -0.2) is 6.21 Å². The largest absolute Gasteiger partial charge is 0.219 e. The van der Waals surface area contributed by atoms with Gasteiger partial charge in [-0.15, -0.1) is 0 Å². The Morgan fingerprint density at radius 3 is 2.45 bits per heavy atom. The van der Waals surface area contributed by atoms with Gasteiger partial charge in [0, 0.05) is 28.6 Å². The van der Waals surface area contributed by atoms with E-state index >= 15 is 0 Å². The van der Waals surface area contributed by atoms with Crippen molar-refractivity contribution in [2.75, 3.05) is 0 Å². The van der Waals surface area contributed by atoms with E-state index in [4.69, 9.17) is 0 Å². The van der Waals surface area contributed by atoms with Gasteiger partial charge < -0.3 is 0 Å². The predicted molar refractivity (Wildman–Crippen MR) is 88.6 cm³/mol. The molecule has 0 bridgehead atoms. The summed E-state index contributed by atoms with van der Waals surface area (Å²) in [5.41, 5.74) is 2.45. The summed E-state index contributed by atoms with van der Waals surface area (Å²) in [6, 6.07) is 22.9. The Labute approximate surface area is 123 Å². The van der Waals surface area contributed by atoms with E-state index in [1.165, 1.54) is 33.8 Å². The highest BCUT2D eigenvalue weighted by Gasteiger charge is 2.01. The van der Waals surface area contributed by atoms with Gasteiger partial charge in [-0.2, -0.15) is 0 Å². The Balaban J connectivity index is 1.92. The molecule has 3 rings (SSSR count). The molecule has 0 aromatic heterocycles. The molecule has 0 aliphatic heterocycles. The van der Waals surface area contributed by atoms with Crippen LogP contribution in [0.25, 0.3) is 10.8 Å². The molecule has 0 radical (unpaired) electrons. The van der Waals surface area contributed by atoms with Crippen molar-refractivity contribution in [1.82, 2.24) is 0 Å². The van der Waals surface area contributed by atoms with E-state index < -0.39 is 0 Å². The fourth-order valence-electron chi connectivity index (χ4n) is 2.20. The summed E-state index contributed by atoms with van der Waals surface area (Å²) in [6.45, 7) is 2.13. The van der Waals surface area contributed by atoms with Crippen molar-refractivity contribution in [1.29, 1.82) is 0 Å². The molecule has 0 saturated carbocycles. The Hall–Kier alpha value is -2.06. The van der Waals surface area contributed by atoms with Gasteiger partial charge in [0.2, 0.25) is 0 Å². The monoisotopic (exact) mass is 277 g/mol. The first-order chi connectivity index (χ1) is 9.84. The lowest BCUT2D eigenvalue weighted by atomic mass is 10.0. The molecule has 0 fully saturated rings. The molecule has 1 nitrogen and oxygen atoms in total. The van der Waals surface area contributed by atoms with Crippen molar-refractivity contribution in [2.24, 2.45) is 4.40 Å². The van der Waals surface area contributed by atoms with Gasteiger partial charge in [0.1, 0.15) is 0 Å². The maximum absolute atomic E-state index is 4.51. The zero-order chi connectivity index (χ0) is 13.8.